The quantitative estimate of drug-likeness (QED) is 0.816. The number of imide groups is 1. The third-order valence-electron chi connectivity index (χ3n) is 3.01. The van der Waals surface area contributed by atoms with E-state index in [0.29, 0.717) is 30.2 Å². The number of hydrogen-bond donors (Lipinski definition) is 2. The number of methoxy groups -OCH3 is 1. The lowest BCUT2D eigenvalue weighted by atomic mass is 10.1. The molecule has 0 spiro atoms. The molecule has 5 nitrogen and oxygen atoms in total. The van der Waals surface area contributed by atoms with Gasteiger partial charge < -0.3 is 10.1 Å². The summed E-state index contributed by atoms with van der Waals surface area (Å²) < 4.78 is 5.07. The van der Waals surface area contributed by atoms with Crippen LogP contribution in [0, 0.1) is 0 Å². The highest BCUT2D eigenvalue weighted by molar-refractivity contribution is 6.32. The lowest BCUT2D eigenvalue weighted by Gasteiger charge is -2.22. The first-order chi connectivity index (χ1) is 9.10. The van der Waals surface area contributed by atoms with Crippen LogP contribution < -0.4 is 15.4 Å². The molecule has 0 aliphatic carbocycles. The van der Waals surface area contributed by atoms with Crippen LogP contribution in [0.4, 0.5) is 0 Å². The Morgan fingerprint density at radius 2 is 2.26 bits per heavy atom. The molecule has 1 aromatic rings. The standard InChI is InChI=1S/C13H15ClN2O3/c1-19-11-4-2-8(6-9(11)14)7-15-10-3-5-12(17)16-13(10)18/h2,4,6,10,15H,3,5,7H2,1H3,(H,16,17,18). The smallest absolute Gasteiger partial charge is 0.243 e. The van der Waals surface area contributed by atoms with Crippen LogP contribution in [0.1, 0.15) is 18.4 Å². The van der Waals surface area contributed by atoms with Gasteiger partial charge in [-0.15, -0.1) is 0 Å². The number of piperidine rings is 1. The Balaban J connectivity index is 1.93. The molecule has 0 radical (unpaired) electrons. The van der Waals surface area contributed by atoms with E-state index < -0.39 is 0 Å². The monoisotopic (exact) mass is 282 g/mol. The summed E-state index contributed by atoms with van der Waals surface area (Å²) in [5.74, 6) is 0.137. The minimum Gasteiger partial charge on any atom is -0.495 e. The predicted octanol–water partition coefficient (Wildman–Crippen LogP) is 1.24. The summed E-state index contributed by atoms with van der Waals surface area (Å²) in [7, 11) is 1.56. The number of rotatable bonds is 4. The number of benzene rings is 1. The van der Waals surface area contributed by atoms with Crippen molar-refractivity contribution >= 4 is 23.4 Å². The second-order valence-corrected chi connectivity index (χ2v) is 4.76. The summed E-state index contributed by atoms with van der Waals surface area (Å²) in [5, 5.41) is 5.95. The molecule has 0 saturated carbocycles. The van der Waals surface area contributed by atoms with E-state index >= 15 is 0 Å². The van der Waals surface area contributed by atoms with Gasteiger partial charge in [0.05, 0.1) is 18.2 Å². The maximum absolute atomic E-state index is 11.6. The van der Waals surface area contributed by atoms with Crippen molar-refractivity contribution in [2.45, 2.75) is 25.4 Å². The molecule has 102 valence electrons. The largest absolute Gasteiger partial charge is 0.495 e. The van der Waals surface area contributed by atoms with Gasteiger partial charge in [0.1, 0.15) is 5.75 Å². The number of carbonyl (C=O) groups is 2. The molecule has 1 aliphatic rings. The van der Waals surface area contributed by atoms with Crippen molar-refractivity contribution < 1.29 is 14.3 Å². The molecule has 19 heavy (non-hydrogen) atoms. The number of hydrogen-bond acceptors (Lipinski definition) is 4. The molecule has 6 heteroatoms. The van der Waals surface area contributed by atoms with Gasteiger partial charge in [-0.3, -0.25) is 14.9 Å². The average molecular weight is 283 g/mol. The van der Waals surface area contributed by atoms with Crippen molar-refractivity contribution in [1.82, 2.24) is 10.6 Å². The lowest BCUT2D eigenvalue weighted by Crippen LogP contribution is -2.50. The van der Waals surface area contributed by atoms with Gasteiger partial charge in [-0.2, -0.15) is 0 Å². The minimum absolute atomic E-state index is 0.212. The Hall–Kier alpha value is -1.59. The summed E-state index contributed by atoms with van der Waals surface area (Å²) in [6.45, 7) is 0.510. The van der Waals surface area contributed by atoms with Crippen molar-refractivity contribution in [3.8, 4) is 5.75 Å². The fourth-order valence-electron chi connectivity index (χ4n) is 1.95. The number of nitrogens with one attached hydrogen (secondary N) is 2. The van der Waals surface area contributed by atoms with Crippen LogP contribution in [-0.4, -0.2) is 25.0 Å². The van der Waals surface area contributed by atoms with Crippen LogP contribution in [-0.2, 0) is 16.1 Å². The van der Waals surface area contributed by atoms with Gasteiger partial charge in [0.25, 0.3) is 0 Å². The zero-order valence-corrected chi connectivity index (χ0v) is 11.3. The molecule has 1 heterocycles. The van der Waals surface area contributed by atoms with Crippen LogP contribution in [0.3, 0.4) is 0 Å². The summed E-state index contributed by atoms with van der Waals surface area (Å²) in [6, 6.07) is 5.12. The molecule has 2 amide bonds. The molecule has 2 N–H and O–H groups in total. The third kappa shape index (κ3) is 3.45. The maximum atomic E-state index is 11.6. The minimum atomic E-state index is -0.335. The van der Waals surface area contributed by atoms with E-state index in [9.17, 15) is 9.59 Å². The lowest BCUT2D eigenvalue weighted by molar-refractivity contribution is -0.134. The van der Waals surface area contributed by atoms with Gasteiger partial charge >= 0.3 is 0 Å². The topological polar surface area (TPSA) is 67.4 Å². The Morgan fingerprint density at radius 1 is 1.47 bits per heavy atom. The van der Waals surface area contributed by atoms with Crippen molar-refractivity contribution in [2.24, 2.45) is 0 Å². The molecule has 1 unspecified atom stereocenters. The van der Waals surface area contributed by atoms with Gasteiger partial charge in [0, 0.05) is 13.0 Å². The van der Waals surface area contributed by atoms with Crippen molar-refractivity contribution in [3.05, 3.63) is 28.8 Å². The van der Waals surface area contributed by atoms with Gasteiger partial charge in [0.15, 0.2) is 0 Å². The van der Waals surface area contributed by atoms with E-state index in [1.54, 1.807) is 19.2 Å². The molecule has 2 rings (SSSR count). The zero-order valence-electron chi connectivity index (χ0n) is 10.5. The second-order valence-electron chi connectivity index (χ2n) is 4.35. The van der Waals surface area contributed by atoms with Crippen LogP contribution in [0.15, 0.2) is 18.2 Å². The Morgan fingerprint density at radius 3 is 2.89 bits per heavy atom. The number of ether oxygens (including phenoxy) is 1. The zero-order chi connectivity index (χ0) is 13.8. The van der Waals surface area contributed by atoms with Crippen molar-refractivity contribution in [1.29, 1.82) is 0 Å². The van der Waals surface area contributed by atoms with Gasteiger partial charge in [-0.1, -0.05) is 17.7 Å². The fraction of sp³-hybridized carbons (Fsp3) is 0.385. The van der Waals surface area contributed by atoms with Gasteiger partial charge in [0.2, 0.25) is 11.8 Å². The Bertz CT molecular complexity index is 505. The number of amides is 2. The molecular formula is C13H15ClN2O3. The summed E-state index contributed by atoms with van der Waals surface area (Å²) in [5.41, 5.74) is 0.954. The Kier molecular flexibility index (Phi) is 4.39. The molecule has 1 saturated heterocycles. The normalized spacial score (nSPS) is 19.2. The van der Waals surface area contributed by atoms with E-state index in [0.717, 1.165) is 5.56 Å². The highest BCUT2D eigenvalue weighted by atomic mass is 35.5. The molecule has 0 aromatic heterocycles. The summed E-state index contributed by atoms with van der Waals surface area (Å²) in [6.07, 6.45) is 0.890. The van der Waals surface area contributed by atoms with E-state index in [1.807, 2.05) is 6.07 Å². The van der Waals surface area contributed by atoms with Gasteiger partial charge in [-0.05, 0) is 24.1 Å². The first-order valence-corrected chi connectivity index (χ1v) is 6.37. The highest BCUT2D eigenvalue weighted by Crippen LogP contribution is 2.24. The summed E-state index contributed by atoms with van der Waals surface area (Å²) in [4.78, 5) is 22.6. The predicted molar refractivity (Wildman–Crippen MR) is 71.0 cm³/mol. The molecule has 1 aromatic carbocycles. The second kappa shape index (κ2) is 6.04. The first-order valence-electron chi connectivity index (χ1n) is 5.99. The maximum Gasteiger partial charge on any atom is 0.243 e. The van der Waals surface area contributed by atoms with Crippen LogP contribution in [0.25, 0.3) is 0 Å². The van der Waals surface area contributed by atoms with Crippen LogP contribution >= 0.6 is 11.6 Å². The summed E-state index contributed by atoms with van der Waals surface area (Å²) >= 11 is 6.02. The molecule has 0 bridgehead atoms. The number of carbonyl (C=O) groups excluding carboxylic acids is 2. The van der Waals surface area contributed by atoms with Crippen molar-refractivity contribution in [3.63, 3.8) is 0 Å². The van der Waals surface area contributed by atoms with E-state index in [-0.39, 0.29) is 17.9 Å². The van der Waals surface area contributed by atoms with Gasteiger partial charge in [-0.25, -0.2) is 0 Å². The van der Waals surface area contributed by atoms with E-state index in [1.165, 1.54) is 0 Å². The molecular weight excluding hydrogens is 268 g/mol. The fourth-order valence-corrected chi connectivity index (χ4v) is 2.23. The highest BCUT2D eigenvalue weighted by Gasteiger charge is 2.25. The average Bonchev–Trinajstić information content (AvgIpc) is 2.38. The van der Waals surface area contributed by atoms with Crippen LogP contribution in [0.2, 0.25) is 5.02 Å². The first kappa shape index (κ1) is 13.8. The van der Waals surface area contributed by atoms with E-state index in [4.69, 9.17) is 16.3 Å². The van der Waals surface area contributed by atoms with Crippen LogP contribution in [0.5, 0.6) is 5.75 Å². The SMILES string of the molecule is COc1ccc(CNC2CCC(=O)NC2=O)cc1Cl. The molecule has 1 atom stereocenters. The van der Waals surface area contributed by atoms with E-state index in [2.05, 4.69) is 10.6 Å². The Labute approximate surface area is 116 Å². The third-order valence-corrected chi connectivity index (χ3v) is 3.30. The molecule has 1 aliphatic heterocycles. The number of halogens is 1. The molecule has 1 fully saturated rings. The van der Waals surface area contributed by atoms with Crippen molar-refractivity contribution in [2.75, 3.05) is 7.11 Å².